The minimum absolute atomic E-state index is 0.399. The molecule has 1 heterocycles. The molecule has 1 aromatic rings. The summed E-state index contributed by atoms with van der Waals surface area (Å²) in [5.41, 5.74) is 0. The molecule has 0 aromatic carbocycles. The van der Waals surface area contributed by atoms with E-state index in [1.54, 1.807) is 6.20 Å². The Morgan fingerprint density at radius 1 is 1.50 bits per heavy atom. The molecule has 16 heavy (non-hydrogen) atoms. The highest BCUT2D eigenvalue weighted by molar-refractivity contribution is 5.33. The molecule has 4 nitrogen and oxygen atoms in total. The van der Waals surface area contributed by atoms with E-state index in [0.717, 1.165) is 18.3 Å². The zero-order valence-electron chi connectivity index (χ0n) is 9.30. The summed E-state index contributed by atoms with van der Waals surface area (Å²) >= 11 is 0. The molecule has 1 saturated carbocycles. The van der Waals surface area contributed by atoms with Crippen LogP contribution in [-0.2, 0) is 4.74 Å². The third kappa shape index (κ3) is 4.16. The van der Waals surface area contributed by atoms with Gasteiger partial charge in [-0.15, -0.1) is 0 Å². The fourth-order valence-corrected chi connectivity index (χ4v) is 1.40. The number of rotatable bonds is 7. The molecule has 2 rings (SSSR count). The molecule has 0 unspecified atom stereocenters. The molecule has 4 heteroatoms. The molecule has 1 aliphatic carbocycles. The SMILES string of the molecule is O[C@@H](CNc1ccccn1)COCC1CC1. The van der Waals surface area contributed by atoms with Crippen LogP contribution < -0.4 is 5.32 Å². The van der Waals surface area contributed by atoms with Gasteiger partial charge in [-0.05, 0) is 30.9 Å². The number of nitrogens with one attached hydrogen (secondary N) is 1. The average Bonchev–Trinajstić information content (AvgIpc) is 3.12. The Morgan fingerprint density at radius 2 is 2.38 bits per heavy atom. The van der Waals surface area contributed by atoms with Crippen LogP contribution in [0.25, 0.3) is 0 Å². The number of nitrogens with zero attached hydrogens (tertiary/aromatic N) is 1. The maximum Gasteiger partial charge on any atom is 0.125 e. The zero-order valence-corrected chi connectivity index (χ0v) is 9.30. The van der Waals surface area contributed by atoms with Crippen LogP contribution in [0.4, 0.5) is 5.82 Å². The second kappa shape index (κ2) is 5.82. The predicted molar refractivity (Wildman–Crippen MR) is 62.3 cm³/mol. The third-order valence-electron chi connectivity index (χ3n) is 2.54. The molecule has 1 aliphatic rings. The molecule has 1 atom stereocenters. The Bertz CT molecular complexity index is 301. The molecule has 2 N–H and O–H groups in total. The highest BCUT2D eigenvalue weighted by Crippen LogP contribution is 2.28. The van der Waals surface area contributed by atoms with Crippen molar-refractivity contribution in [2.24, 2.45) is 5.92 Å². The summed E-state index contributed by atoms with van der Waals surface area (Å²) in [6, 6.07) is 5.64. The van der Waals surface area contributed by atoms with E-state index in [9.17, 15) is 5.11 Å². The molecule has 0 amide bonds. The van der Waals surface area contributed by atoms with Crippen molar-refractivity contribution in [3.8, 4) is 0 Å². The van der Waals surface area contributed by atoms with E-state index in [1.807, 2.05) is 18.2 Å². The first-order chi connectivity index (χ1) is 7.84. The monoisotopic (exact) mass is 222 g/mol. The highest BCUT2D eigenvalue weighted by Gasteiger charge is 2.21. The van der Waals surface area contributed by atoms with Crippen molar-refractivity contribution in [3.05, 3.63) is 24.4 Å². The Balaban J connectivity index is 1.57. The first-order valence-electron chi connectivity index (χ1n) is 5.75. The molecular formula is C12H18N2O2. The van der Waals surface area contributed by atoms with Crippen LogP contribution in [0, 0.1) is 5.92 Å². The number of hydrogen-bond donors (Lipinski definition) is 2. The van der Waals surface area contributed by atoms with Crippen LogP contribution in [0.15, 0.2) is 24.4 Å². The van der Waals surface area contributed by atoms with Gasteiger partial charge in [0.15, 0.2) is 0 Å². The van der Waals surface area contributed by atoms with Crippen molar-refractivity contribution >= 4 is 5.82 Å². The minimum Gasteiger partial charge on any atom is -0.389 e. The van der Waals surface area contributed by atoms with E-state index in [0.29, 0.717) is 13.2 Å². The number of hydrogen-bond acceptors (Lipinski definition) is 4. The Hall–Kier alpha value is -1.13. The van der Waals surface area contributed by atoms with Crippen LogP contribution in [0.1, 0.15) is 12.8 Å². The smallest absolute Gasteiger partial charge is 0.125 e. The first-order valence-corrected chi connectivity index (χ1v) is 5.75. The number of pyridine rings is 1. The van der Waals surface area contributed by atoms with Crippen molar-refractivity contribution in [1.29, 1.82) is 0 Å². The second-order valence-corrected chi connectivity index (χ2v) is 4.23. The highest BCUT2D eigenvalue weighted by atomic mass is 16.5. The van der Waals surface area contributed by atoms with Crippen LogP contribution in [0.3, 0.4) is 0 Å². The fraction of sp³-hybridized carbons (Fsp3) is 0.583. The summed E-state index contributed by atoms with van der Waals surface area (Å²) in [6.45, 7) is 1.67. The Labute approximate surface area is 95.7 Å². The topological polar surface area (TPSA) is 54.4 Å². The number of anilines is 1. The van der Waals surface area contributed by atoms with E-state index in [-0.39, 0.29) is 0 Å². The first kappa shape index (κ1) is 11.4. The molecule has 0 saturated heterocycles. The molecule has 1 fully saturated rings. The molecule has 0 aliphatic heterocycles. The summed E-state index contributed by atoms with van der Waals surface area (Å²) < 4.78 is 5.40. The molecule has 0 spiro atoms. The maximum atomic E-state index is 9.63. The molecular weight excluding hydrogens is 204 g/mol. The van der Waals surface area contributed by atoms with Crippen LogP contribution >= 0.6 is 0 Å². The number of ether oxygens (including phenoxy) is 1. The maximum absolute atomic E-state index is 9.63. The van der Waals surface area contributed by atoms with E-state index >= 15 is 0 Å². The van der Waals surface area contributed by atoms with Gasteiger partial charge < -0.3 is 15.2 Å². The van der Waals surface area contributed by atoms with Gasteiger partial charge in [-0.3, -0.25) is 0 Å². The van der Waals surface area contributed by atoms with E-state index in [2.05, 4.69) is 10.3 Å². The summed E-state index contributed by atoms with van der Waals surface area (Å²) in [4.78, 5) is 4.11. The standard InChI is InChI=1S/C12H18N2O2/c15-11(9-16-8-10-4-5-10)7-14-12-3-1-2-6-13-12/h1-3,6,10-11,15H,4-5,7-9H2,(H,13,14)/t11-/m0/s1. The largest absolute Gasteiger partial charge is 0.389 e. The lowest BCUT2D eigenvalue weighted by atomic mass is 10.3. The Kier molecular flexibility index (Phi) is 4.13. The van der Waals surface area contributed by atoms with Crippen LogP contribution in [0.2, 0.25) is 0 Å². The van der Waals surface area contributed by atoms with Gasteiger partial charge in [0.1, 0.15) is 5.82 Å². The van der Waals surface area contributed by atoms with Gasteiger partial charge in [0.05, 0.1) is 12.7 Å². The van der Waals surface area contributed by atoms with Crippen LogP contribution in [0.5, 0.6) is 0 Å². The number of aliphatic hydroxyl groups is 1. The van der Waals surface area contributed by atoms with Gasteiger partial charge in [-0.2, -0.15) is 0 Å². The second-order valence-electron chi connectivity index (χ2n) is 4.23. The van der Waals surface area contributed by atoms with Crippen molar-refractivity contribution in [2.45, 2.75) is 18.9 Å². The average molecular weight is 222 g/mol. The third-order valence-corrected chi connectivity index (χ3v) is 2.54. The van der Waals surface area contributed by atoms with Gasteiger partial charge in [0.2, 0.25) is 0 Å². The van der Waals surface area contributed by atoms with E-state index in [1.165, 1.54) is 12.8 Å². The summed E-state index contributed by atoms with van der Waals surface area (Å²) in [6.07, 6.45) is 3.81. The van der Waals surface area contributed by atoms with Crippen molar-refractivity contribution in [1.82, 2.24) is 4.98 Å². The fourth-order valence-electron chi connectivity index (χ4n) is 1.40. The summed E-state index contributed by atoms with van der Waals surface area (Å²) in [7, 11) is 0. The van der Waals surface area contributed by atoms with Crippen molar-refractivity contribution < 1.29 is 9.84 Å². The summed E-state index contributed by atoms with van der Waals surface area (Å²) in [5, 5.41) is 12.7. The van der Waals surface area contributed by atoms with Gasteiger partial charge in [-0.1, -0.05) is 6.07 Å². The van der Waals surface area contributed by atoms with Crippen molar-refractivity contribution in [3.63, 3.8) is 0 Å². The van der Waals surface area contributed by atoms with E-state index < -0.39 is 6.10 Å². The quantitative estimate of drug-likeness (QED) is 0.729. The van der Waals surface area contributed by atoms with Crippen molar-refractivity contribution in [2.75, 3.05) is 25.1 Å². The number of aromatic nitrogens is 1. The predicted octanol–water partition coefficient (Wildman–Crippen LogP) is 1.28. The van der Waals surface area contributed by atoms with Gasteiger partial charge in [0.25, 0.3) is 0 Å². The molecule has 0 radical (unpaired) electrons. The van der Waals surface area contributed by atoms with Gasteiger partial charge in [-0.25, -0.2) is 4.98 Å². The molecule has 1 aromatic heterocycles. The lowest BCUT2D eigenvalue weighted by molar-refractivity contribution is 0.0386. The minimum atomic E-state index is -0.472. The van der Waals surface area contributed by atoms with Gasteiger partial charge >= 0.3 is 0 Å². The van der Waals surface area contributed by atoms with E-state index in [4.69, 9.17) is 4.74 Å². The number of aliphatic hydroxyl groups excluding tert-OH is 1. The molecule has 88 valence electrons. The lowest BCUT2D eigenvalue weighted by Crippen LogP contribution is -2.25. The lowest BCUT2D eigenvalue weighted by Gasteiger charge is -2.12. The van der Waals surface area contributed by atoms with Crippen LogP contribution in [-0.4, -0.2) is 36.0 Å². The summed E-state index contributed by atoms with van der Waals surface area (Å²) in [5.74, 6) is 1.53. The Morgan fingerprint density at radius 3 is 3.06 bits per heavy atom. The molecule has 0 bridgehead atoms. The normalized spacial score (nSPS) is 17.1. The zero-order chi connectivity index (χ0) is 11.2. The van der Waals surface area contributed by atoms with Gasteiger partial charge in [0, 0.05) is 19.3 Å².